The average molecular weight is 562 g/mol. The van der Waals surface area contributed by atoms with Gasteiger partial charge in [0.15, 0.2) is 0 Å². The number of carbonyl (C=O) groups excluding carboxylic acids is 5. The van der Waals surface area contributed by atoms with Gasteiger partial charge in [-0.25, -0.2) is 0 Å². The standard InChI is InChI=1S/C29H47N5O6/c1-17(2)13-24(32-21(7)36)28(39)31-20(6)27(38)34-25(14-18(3)4)29(40)30-19(5)26(37)33-23(16-35)15-22-11-9-8-10-12-22/h8-12,17-20,23-25,35H,13-16H2,1-7H3,(H,30,40)(H,31,39)(H,32,36)(H,33,37)(H,34,38)/t19-,20-,23-,24-,25-/m0/s1. The van der Waals surface area contributed by atoms with Gasteiger partial charge in [0.05, 0.1) is 12.6 Å². The van der Waals surface area contributed by atoms with Gasteiger partial charge in [0.1, 0.15) is 24.2 Å². The number of benzene rings is 1. The van der Waals surface area contributed by atoms with Crippen molar-refractivity contribution in [3.8, 4) is 0 Å². The third-order valence-corrected chi connectivity index (χ3v) is 6.14. The minimum absolute atomic E-state index is 0.0462. The molecule has 0 radical (unpaired) electrons. The number of aliphatic hydroxyl groups excluding tert-OH is 1. The van der Waals surface area contributed by atoms with Crippen molar-refractivity contribution >= 4 is 29.5 Å². The first-order valence-corrected chi connectivity index (χ1v) is 13.9. The van der Waals surface area contributed by atoms with Gasteiger partial charge in [-0.1, -0.05) is 58.0 Å². The van der Waals surface area contributed by atoms with E-state index in [4.69, 9.17) is 0 Å². The van der Waals surface area contributed by atoms with Crippen molar-refractivity contribution < 1.29 is 29.1 Å². The molecule has 0 unspecified atom stereocenters. The van der Waals surface area contributed by atoms with Crippen molar-refractivity contribution in [1.29, 1.82) is 0 Å². The van der Waals surface area contributed by atoms with E-state index in [1.165, 1.54) is 20.8 Å². The van der Waals surface area contributed by atoms with Crippen LogP contribution in [0, 0.1) is 11.8 Å². The monoisotopic (exact) mass is 561 g/mol. The Hall–Kier alpha value is -3.47. The molecule has 0 aliphatic carbocycles. The maximum atomic E-state index is 13.1. The zero-order valence-corrected chi connectivity index (χ0v) is 24.7. The number of aliphatic hydroxyl groups is 1. The van der Waals surface area contributed by atoms with Crippen LogP contribution in [0.2, 0.25) is 0 Å². The Kier molecular flexibility index (Phi) is 14.9. The molecule has 224 valence electrons. The van der Waals surface area contributed by atoms with E-state index in [0.29, 0.717) is 19.3 Å². The molecule has 11 nitrogen and oxygen atoms in total. The van der Waals surface area contributed by atoms with E-state index in [-0.39, 0.29) is 24.3 Å². The number of hydrogen-bond donors (Lipinski definition) is 6. The van der Waals surface area contributed by atoms with Crippen molar-refractivity contribution in [2.24, 2.45) is 11.8 Å². The molecule has 0 aliphatic heterocycles. The Morgan fingerprint density at radius 1 is 0.650 bits per heavy atom. The molecule has 0 heterocycles. The second-order valence-electron chi connectivity index (χ2n) is 11.1. The van der Waals surface area contributed by atoms with Crippen LogP contribution < -0.4 is 26.6 Å². The minimum atomic E-state index is -0.970. The van der Waals surface area contributed by atoms with E-state index in [1.54, 1.807) is 0 Å². The highest BCUT2D eigenvalue weighted by atomic mass is 16.3. The Labute approximate surface area is 237 Å². The summed E-state index contributed by atoms with van der Waals surface area (Å²) in [5, 5.41) is 23.0. The molecule has 0 bridgehead atoms. The second-order valence-corrected chi connectivity index (χ2v) is 11.1. The summed E-state index contributed by atoms with van der Waals surface area (Å²) in [4.78, 5) is 63.0. The molecule has 0 fully saturated rings. The lowest BCUT2D eigenvalue weighted by molar-refractivity contribution is -0.134. The number of nitrogens with one attached hydrogen (secondary N) is 5. The van der Waals surface area contributed by atoms with E-state index in [1.807, 2.05) is 58.0 Å². The van der Waals surface area contributed by atoms with Crippen LogP contribution in [0.4, 0.5) is 0 Å². The first-order chi connectivity index (χ1) is 18.7. The van der Waals surface area contributed by atoms with Crippen molar-refractivity contribution in [2.45, 2.75) is 97.9 Å². The van der Waals surface area contributed by atoms with Gasteiger partial charge in [-0.2, -0.15) is 0 Å². The van der Waals surface area contributed by atoms with Crippen LogP contribution in [0.1, 0.15) is 66.9 Å². The van der Waals surface area contributed by atoms with Crippen LogP contribution in [-0.2, 0) is 30.4 Å². The van der Waals surface area contributed by atoms with Crippen molar-refractivity contribution in [3.05, 3.63) is 35.9 Å². The molecule has 1 aromatic carbocycles. The van der Waals surface area contributed by atoms with Gasteiger partial charge in [-0.3, -0.25) is 24.0 Å². The van der Waals surface area contributed by atoms with Crippen LogP contribution in [0.15, 0.2) is 30.3 Å². The Bertz CT molecular complexity index is 984. The fraction of sp³-hybridized carbons (Fsp3) is 0.621. The number of amides is 5. The number of carbonyl (C=O) groups is 5. The van der Waals surface area contributed by atoms with Crippen molar-refractivity contribution in [2.75, 3.05) is 6.61 Å². The third kappa shape index (κ3) is 13.1. The fourth-order valence-corrected chi connectivity index (χ4v) is 4.09. The molecular weight excluding hydrogens is 514 g/mol. The van der Waals surface area contributed by atoms with Gasteiger partial charge >= 0.3 is 0 Å². The number of rotatable bonds is 16. The lowest BCUT2D eigenvalue weighted by Gasteiger charge is -2.26. The van der Waals surface area contributed by atoms with Gasteiger partial charge < -0.3 is 31.7 Å². The molecule has 0 aliphatic rings. The summed E-state index contributed by atoms with van der Waals surface area (Å²) in [5.74, 6) is -2.23. The normalized spacial score (nSPS) is 14.8. The van der Waals surface area contributed by atoms with Crippen LogP contribution in [0.5, 0.6) is 0 Å². The summed E-state index contributed by atoms with van der Waals surface area (Å²) < 4.78 is 0. The minimum Gasteiger partial charge on any atom is -0.394 e. The molecule has 6 N–H and O–H groups in total. The first kappa shape index (κ1) is 34.6. The van der Waals surface area contributed by atoms with Crippen molar-refractivity contribution in [3.63, 3.8) is 0 Å². The van der Waals surface area contributed by atoms with Crippen LogP contribution in [-0.4, -0.2) is 71.5 Å². The lowest BCUT2D eigenvalue weighted by Crippen LogP contribution is -2.58. The average Bonchev–Trinajstić information content (AvgIpc) is 2.86. The van der Waals surface area contributed by atoms with E-state index in [9.17, 15) is 29.1 Å². The third-order valence-electron chi connectivity index (χ3n) is 6.14. The fourth-order valence-electron chi connectivity index (χ4n) is 4.09. The lowest BCUT2D eigenvalue weighted by atomic mass is 10.0. The van der Waals surface area contributed by atoms with E-state index in [0.717, 1.165) is 5.56 Å². The highest BCUT2D eigenvalue weighted by molar-refractivity contribution is 5.95. The molecule has 40 heavy (non-hydrogen) atoms. The van der Waals surface area contributed by atoms with Crippen LogP contribution in [0.3, 0.4) is 0 Å². The van der Waals surface area contributed by atoms with Gasteiger partial charge in [-0.05, 0) is 50.5 Å². The largest absolute Gasteiger partial charge is 0.394 e. The Balaban J connectivity index is 2.79. The Morgan fingerprint density at radius 3 is 1.52 bits per heavy atom. The van der Waals surface area contributed by atoms with E-state index < -0.39 is 53.8 Å². The summed E-state index contributed by atoms with van der Waals surface area (Å²) in [7, 11) is 0. The van der Waals surface area contributed by atoms with E-state index in [2.05, 4.69) is 26.6 Å². The molecule has 5 amide bonds. The van der Waals surface area contributed by atoms with Crippen molar-refractivity contribution in [1.82, 2.24) is 26.6 Å². The molecule has 1 aromatic rings. The maximum Gasteiger partial charge on any atom is 0.243 e. The summed E-state index contributed by atoms with van der Waals surface area (Å²) >= 11 is 0. The first-order valence-electron chi connectivity index (χ1n) is 13.9. The smallest absolute Gasteiger partial charge is 0.243 e. The van der Waals surface area contributed by atoms with Crippen LogP contribution >= 0.6 is 0 Å². The molecule has 5 atom stereocenters. The van der Waals surface area contributed by atoms with E-state index >= 15 is 0 Å². The SMILES string of the molecule is CC(=O)N[C@@H](CC(C)C)C(=O)N[C@@H](C)C(=O)N[C@@H](CC(C)C)C(=O)N[C@@H](C)C(=O)N[C@H](CO)Cc1ccccc1. The number of hydrogen-bond acceptors (Lipinski definition) is 6. The topological polar surface area (TPSA) is 166 Å². The summed E-state index contributed by atoms with van der Waals surface area (Å²) in [6.45, 7) is 11.7. The summed E-state index contributed by atoms with van der Waals surface area (Å²) in [6, 6.07) is 5.27. The Morgan fingerprint density at radius 2 is 1.10 bits per heavy atom. The summed E-state index contributed by atoms with van der Waals surface area (Å²) in [5.41, 5.74) is 0.951. The molecular formula is C29H47N5O6. The highest BCUT2D eigenvalue weighted by Crippen LogP contribution is 2.08. The molecule has 11 heteroatoms. The molecule has 0 saturated carbocycles. The van der Waals surface area contributed by atoms with Gasteiger partial charge in [-0.15, -0.1) is 0 Å². The quantitative estimate of drug-likeness (QED) is 0.175. The summed E-state index contributed by atoms with van der Waals surface area (Å²) in [6.07, 6.45) is 1.14. The molecule has 1 rings (SSSR count). The highest BCUT2D eigenvalue weighted by Gasteiger charge is 2.29. The second kappa shape index (κ2) is 17.3. The van der Waals surface area contributed by atoms with Gasteiger partial charge in [0.2, 0.25) is 29.5 Å². The molecule has 0 spiro atoms. The molecule has 0 aromatic heterocycles. The predicted molar refractivity (Wildman–Crippen MR) is 153 cm³/mol. The van der Waals surface area contributed by atoms with Gasteiger partial charge in [0, 0.05) is 6.92 Å². The van der Waals surface area contributed by atoms with Crippen LogP contribution in [0.25, 0.3) is 0 Å². The zero-order valence-electron chi connectivity index (χ0n) is 24.7. The predicted octanol–water partition coefficient (Wildman–Crippen LogP) is 0.797. The zero-order chi connectivity index (χ0) is 30.4. The van der Waals surface area contributed by atoms with Gasteiger partial charge in [0.25, 0.3) is 0 Å². The molecule has 0 saturated heterocycles. The maximum absolute atomic E-state index is 13.1.